The van der Waals surface area contributed by atoms with E-state index >= 15 is 0 Å². The standard InChI is InChI=1S/C15H20O4/c1-4-13(16)11-6-7-14(17)12(9-11)8-10(3)15(18)19-5-2/h6-7,9-10,17H,4-5,8H2,1-3H3. The van der Waals surface area contributed by atoms with Crippen LogP contribution in [0.5, 0.6) is 5.75 Å². The first-order valence-corrected chi connectivity index (χ1v) is 6.51. The maximum Gasteiger partial charge on any atom is 0.308 e. The maximum atomic E-state index is 11.6. The van der Waals surface area contributed by atoms with E-state index in [2.05, 4.69) is 0 Å². The molecule has 1 aromatic rings. The second-order valence-corrected chi connectivity index (χ2v) is 4.48. The molecule has 0 saturated carbocycles. The topological polar surface area (TPSA) is 63.6 Å². The Bertz CT molecular complexity index is 465. The third-order valence-electron chi connectivity index (χ3n) is 2.94. The number of carbonyl (C=O) groups excluding carboxylic acids is 2. The smallest absolute Gasteiger partial charge is 0.308 e. The molecule has 0 amide bonds. The number of phenolic OH excluding ortho intramolecular Hbond substituents is 1. The minimum Gasteiger partial charge on any atom is -0.508 e. The van der Waals surface area contributed by atoms with Crippen LogP contribution in [0, 0.1) is 5.92 Å². The molecule has 0 fully saturated rings. The number of phenols is 1. The number of Topliss-reactive ketones (excluding diaryl/α,β-unsaturated/α-hetero) is 1. The van der Waals surface area contributed by atoms with Crippen LogP contribution in [0.1, 0.15) is 43.1 Å². The van der Waals surface area contributed by atoms with E-state index in [0.29, 0.717) is 30.6 Å². The first-order valence-electron chi connectivity index (χ1n) is 6.51. The Labute approximate surface area is 113 Å². The number of ketones is 1. The first-order chi connectivity index (χ1) is 8.99. The van der Waals surface area contributed by atoms with Gasteiger partial charge in [-0.1, -0.05) is 13.8 Å². The molecule has 1 atom stereocenters. The van der Waals surface area contributed by atoms with E-state index in [4.69, 9.17) is 4.74 Å². The molecule has 1 N–H and O–H groups in total. The van der Waals surface area contributed by atoms with E-state index in [0.717, 1.165) is 0 Å². The van der Waals surface area contributed by atoms with Gasteiger partial charge in [-0.25, -0.2) is 0 Å². The summed E-state index contributed by atoms with van der Waals surface area (Å²) in [5, 5.41) is 9.79. The predicted molar refractivity (Wildman–Crippen MR) is 72.2 cm³/mol. The summed E-state index contributed by atoms with van der Waals surface area (Å²) < 4.78 is 4.93. The molecule has 1 rings (SSSR count). The van der Waals surface area contributed by atoms with Crippen LogP contribution in [0.25, 0.3) is 0 Å². The van der Waals surface area contributed by atoms with E-state index in [1.807, 2.05) is 0 Å². The fraction of sp³-hybridized carbons (Fsp3) is 0.467. The summed E-state index contributed by atoms with van der Waals surface area (Å²) >= 11 is 0. The van der Waals surface area contributed by atoms with Gasteiger partial charge in [0.1, 0.15) is 5.75 Å². The van der Waals surface area contributed by atoms with Gasteiger partial charge >= 0.3 is 5.97 Å². The van der Waals surface area contributed by atoms with Crippen molar-refractivity contribution in [3.63, 3.8) is 0 Å². The van der Waals surface area contributed by atoms with Crippen molar-refractivity contribution in [2.45, 2.75) is 33.6 Å². The van der Waals surface area contributed by atoms with Crippen molar-refractivity contribution in [2.24, 2.45) is 5.92 Å². The van der Waals surface area contributed by atoms with Gasteiger partial charge < -0.3 is 9.84 Å². The van der Waals surface area contributed by atoms with Gasteiger partial charge in [0.2, 0.25) is 0 Å². The van der Waals surface area contributed by atoms with Crippen molar-refractivity contribution >= 4 is 11.8 Å². The van der Waals surface area contributed by atoms with Crippen LogP contribution >= 0.6 is 0 Å². The average molecular weight is 264 g/mol. The van der Waals surface area contributed by atoms with Crippen LogP contribution in [0.4, 0.5) is 0 Å². The van der Waals surface area contributed by atoms with Gasteiger partial charge in [-0.2, -0.15) is 0 Å². The molecular weight excluding hydrogens is 244 g/mol. The molecule has 0 radical (unpaired) electrons. The van der Waals surface area contributed by atoms with Crippen LogP contribution in [0.15, 0.2) is 18.2 Å². The molecule has 0 bridgehead atoms. The van der Waals surface area contributed by atoms with Crippen LogP contribution in [0.3, 0.4) is 0 Å². The molecule has 4 heteroatoms. The van der Waals surface area contributed by atoms with E-state index in [9.17, 15) is 14.7 Å². The molecule has 0 spiro atoms. The molecule has 1 unspecified atom stereocenters. The summed E-state index contributed by atoms with van der Waals surface area (Å²) in [5.74, 6) is -0.527. The molecule has 104 valence electrons. The lowest BCUT2D eigenvalue weighted by Crippen LogP contribution is -2.17. The highest BCUT2D eigenvalue weighted by Crippen LogP contribution is 2.23. The largest absolute Gasteiger partial charge is 0.508 e. The number of benzene rings is 1. The quantitative estimate of drug-likeness (QED) is 0.634. The van der Waals surface area contributed by atoms with Crippen molar-refractivity contribution < 1.29 is 19.4 Å². The van der Waals surface area contributed by atoms with Gasteiger partial charge in [-0.3, -0.25) is 9.59 Å². The predicted octanol–water partition coefficient (Wildman–Crippen LogP) is 2.73. The highest BCUT2D eigenvalue weighted by molar-refractivity contribution is 5.96. The SMILES string of the molecule is CCOC(=O)C(C)Cc1cc(C(=O)CC)ccc1O. The van der Waals surface area contributed by atoms with Crippen LogP contribution in [0.2, 0.25) is 0 Å². The van der Waals surface area contributed by atoms with E-state index < -0.39 is 0 Å². The van der Waals surface area contributed by atoms with Crippen LogP contribution in [-0.4, -0.2) is 23.5 Å². The monoisotopic (exact) mass is 264 g/mol. The Morgan fingerprint density at radius 2 is 2.00 bits per heavy atom. The Morgan fingerprint density at radius 1 is 1.32 bits per heavy atom. The molecule has 0 aliphatic carbocycles. The third kappa shape index (κ3) is 4.09. The fourth-order valence-electron chi connectivity index (χ4n) is 1.82. The summed E-state index contributed by atoms with van der Waals surface area (Å²) in [4.78, 5) is 23.2. The number of hydrogen-bond acceptors (Lipinski definition) is 4. The summed E-state index contributed by atoms with van der Waals surface area (Å²) in [6.45, 7) is 5.62. The summed E-state index contributed by atoms with van der Waals surface area (Å²) in [6.07, 6.45) is 0.771. The molecule has 0 heterocycles. The normalized spacial score (nSPS) is 11.9. The van der Waals surface area contributed by atoms with Crippen molar-refractivity contribution in [2.75, 3.05) is 6.61 Å². The molecular formula is C15H20O4. The van der Waals surface area contributed by atoms with Gasteiger partial charge in [0.05, 0.1) is 12.5 Å². The van der Waals surface area contributed by atoms with E-state index in [1.165, 1.54) is 6.07 Å². The van der Waals surface area contributed by atoms with Gasteiger partial charge in [0, 0.05) is 12.0 Å². The lowest BCUT2D eigenvalue weighted by atomic mass is 9.97. The zero-order valence-electron chi connectivity index (χ0n) is 11.6. The minimum absolute atomic E-state index is 0.0186. The Morgan fingerprint density at radius 3 is 2.58 bits per heavy atom. The van der Waals surface area contributed by atoms with Crippen molar-refractivity contribution in [1.29, 1.82) is 0 Å². The Hall–Kier alpha value is -1.84. The average Bonchev–Trinajstić information content (AvgIpc) is 2.40. The van der Waals surface area contributed by atoms with Crippen LogP contribution in [-0.2, 0) is 16.0 Å². The number of esters is 1. The molecule has 0 saturated heterocycles. The lowest BCUT2D eigenvalue weighted by molar-refractivity contribution is -0.147. The maximum absolute atomic E-state index is 11.6. The van der Waals surface area contributed by atoms with E-state index in [-0.39, 0.29) is 23.4 Å². The highest BCUT2D eigenvalue weighted by Gasteiger charge is 2.17. The van der Waals surface area contributed by atoms with Crippen molar-refractivity contribution in [3.8, 4) is 5.75 Å². The van der Waals surface area contributed by atoms with E-state index in [1.54, 1.807) is 32.9 Å². The van der Waals surface area contributed by atoms with Crippen molar-refractivity contribution in [1.82, 2.24) is 0 Å². The molecule has 19 heavy (non-hydrogen) atoms. The number of rotatable bonds is 6. The number of ether oxygens (including phenoxy) is 1. The van der Waals surface area contributed by atoms with Crippen molar-refractivity contribution in [3.05, 3.63) is 29.3 Å². The molecule has 0 aliphatic rings. The van der Waals surface area contributed by atoms with Gasteiger partial charge in [0.15, 0.2) is 5.78 Å². The zero-order valence-corrected chi connectivity index (χ0v) is 11.6. The summed E-state index contributed by atoms with van der Waals surface area (Å²) in [5.41, 5.74) is 1.16. The number of hydrogen-bond donors (Lipinski definition) is 1. The fourth-order valence-corrected chi connectivity index (χ4v) is 1.82. The molecule has 4 nitrogen and oxygen atoms in total. The first kappa shape index (κ1) is 15.2. The number of carbonyl (C=O) groups is 2. The summed E-state index contributed by atoms with van der Waals surface area (Å²) in [7, 11) is 0. The minimum atomic E-state index is -0.349. The third-order valence-corrected chi connectivity index (χ3v) is 2.94. The van der Waals surface area contributed by atoms with Gasteiger partial charge in [-0.05, 0) is 37.1 Å². The Balaban J connectivity index is 2.88. The Kier molecular flexibility index (Phi) is 5.55. The lowest BCUT2D eigenvalue weighted by Gasteiger charge is -2.12. The zero-order chi connectivity index (χ0) is 14.4. The molecule has 0 aromatic heterocycles. The second-order valence-electron chi connectivity index (χ2n) is 4.48. The number of aromatic hydroxyl groups is 1. The van der Waals surface area contributed by atoms with Crippen LogP contribution < -0.4 is 0 Å². The highest BCUT2D eigenvalue weighted by atomic mass is 16.5. The summed E-state index contributed by atoms with van der Waals surface area (Å²) in [6, 6.07) is 4.74. The second kappa shape index (κ2) is 6.92. The van der Waals surface area contributed by atoms with Gasteiger partial charge in [0.25, 0.3) is 0 Å². The molecule has 1 aromatic carbocycles. The molecule has 0 aliphatic heterocycles. The van der Waals surface area contributed by atoms with Gasteiger partial charge in [-0.15, -0.1) is 0 Å².